The van der Waals surface area contributed by atoms with E-state index >= 15 is 0 Å². The van der Waals surface area contributed by atoms with E-state index in [0.29, 0.717) is 26.4 Å². The first-order chi connectivity index (χ1) is 17.3. The molecule has 0 saturated carbocycles. The van der Waals surface area contributed by atoms with Crippen LogP contribution in [0.2, 0.25) is 0 Å². The Morgan fingerprint density at radius 3 is 2.14 bits per heavy atom. The Morgan fingerprint density at radius 2 is 1.47 bits per heavy atom. The lowest BCUT2D eigenvalue weighted by Gasteiger charge is -2.19. The first-order valence-corrected chi connectivity index (χ1v) is 11.9. The van der Waals surface area contributed by atoms with Gasteiger partial charge < -0.3 is 29.1 Å². The van der Waals surface area contributed by atoms with Crippen molar-refractivity contribution < 1.29 is 33.4 Å². The minimum absolute atomic E-state index is 0.105. The molecular formula is C26H36N2O8. The van der Waals surface area contributed by atoms with Gasteiger partial charge in [-0.3, -0.25) is 14.4 Å². The number of amides is 1. The first-order valence-electron chi connectivity index (χ1n) is 11.9. The normalized spacial score (nSPS) is 11.2. The molecule has 1 aromatic carbocycles. The molecule has 0 atom stereocenters. The highest BCUT2D eigenvalue weighted by molar-refractivity contribution is 5.92. The fourth-order valence-electron chi connectivity index (χ4n) is 2.91. The zero-order valence-corrected chi connectivity index (χ0v) is 21.2. The summed E-state index contributed by atoms with van der Waals surface area (Å²) in [4.78, 5) is 41.9. The third-order valence-corrected chi connectivity index (χ3v) is 4.49. The molecule has 0 radical (unpaired) electrons. The van der Waals surface area contributed by atoms with Gasteiger partial charge in [0.25, 0.3) is 11.5 Å². The molecule has 10 nitrogen and oxygen atoms in total. The van der Waals surface area contributed by atoms with Crippen LogP contribution < -0.4 is 15.7 Å². The molecule has 0 saturated heterocycles. The Kier molecular flexibility index (Phi) is 12.7. The molecule has 0 aliphatic rings. The average molecular weight is 505 g/mol. The molecule has 0 unspecified atom stereocenters. The number of carbonyl (C=O) groups is 2. The molecule has 0 bridgehead atoms. The maximum absolute atomic E-state index is 12.5. The van der Waals surface area contributed by atoms with Gasteiger partial charge in [0.05, 0.1) is 46.1 Å². The topological polar surface area (TPSA) is 114 Å². The van der Waals surface area contributed by atoms with Crippen LogP contribution in [0.15, 0.2) is 53.3 Å². The van der Waals surface area contributed by atoms with Crippen molar-refractivity contribution in [2.45, 2.75) is 39.4 Å². The Balaban J connectivity index is 1.55. The zero-order chi connectivity index (χ0) is 26.2. The number of esters is 1. The minimum Gasteiger partial charge on any atom is -0.460 e. The summed E-state index contributed by atoms with van der Waals surface area (Å²) in [6.07, 6.45) is 0.199. The van der Waals surface area contributed by atoms with Crippen LogP contribution in [0.5, 0.6) is 0 Å². The zero-order valence-electron chi connectivity index (χ0n) is 21.2. The first kappa shape index (κ1) is 29.0. The fourth-order valence-corrected chi connectivity index (χ4v) is 2.91. The van der Waals surface area contributed by atoms with Gasteiger partial charge in [0.1, 0.15) is 17.9 Å². The van der Waals surface area contributed by atoms with Gasteiger partial charge in [-0.25, -0.2) is 0 Å². The summed E-state index contributed by atoms with van der Waals surface area (Å²) in [7, 11) is 0. The molecule has 1 heterocycles. The van der Waals surface area contributed by atoms with Crippen molar-refractivity contribution in [3.05, 3.63) is 70.1 Å². The van der Waals surface area contributed by atoms with Crippen LogP contribution in [0.1, 0.15) is 43.2 Å². The van der Waals surface area contributed by atoms with Crippen LogP contribution in [-0.4, -0.2) is 68.4 Å². The highest BCUT2D eigenvalue weighted by Crippen LogP contribution is 2.08. The van der Waals surface area contributed by atoms with Crippen molar-refractivity contribution in [2.24, 2.45) is 0 Å². The molecule has 2 rings (SSSR count). The highest BCUT2D eigenvalue weighted by Gasteiger charge is 2.16. The average Bonchev–Trinajstić information content (AvgIpc) is 2.83. The van der Waals surface area contributed by atoms with Crippen LogP contribution in [0.3, 0.4) is 0 Å². The SMILES string of the molecule is CC(C)(C)OC(=O)CCOCCOCCOCCNC(=O)c1cccc(=O)n1OCc1ccccc1. The fraction of sp³-hybridized carbons (Fsp3) is 0.500. The highest BCUT2D eigenvalue weighted by atomic mass is 16.7. The molecule has 0 spiro atoms. The molecule has 1 N–H and O–H groups in total. The van der Waals surface area contributed by atoms with E-state index in [1.807, 2.05) is 51.1 Å². The molecule has 198 valence electrons. The molecule has 0 aliphatic heterocycles. The second-order valence-electron chi connectivity index (χ2n) is 8.73. The molecule has 1 aromatic heterocycles. The number of nitrogens with one attached hydrogen (secondary N) is 1. The van der Waals surface area contributed by atoms with Gasteiger partial charge in [0.15, 0.2) is 0 Å². The van der Waals surface area contributed by atoms with E-state index in [9.17, 15) is 14.4 Å². The second kappa shape index (κ2) is 15.7. The molecule has 10 heteroatoms. The predicted octanol–water partition coefficient (Wildman–Crippen LogP) is 1.99. The molecule has 2 aromatic rings. The van der Waals surface area contributed by atoms with Crippen LogP contribution in [-0.2, 0) is 30.3 Å². The predicted molar refractivity (Wildman–Crippen MR) is 133 cm³/mol. The lowest BCUT2D eigenvalue weighted by atomic mass is 10.2. The van der Waals surface area contributed by atoms with Crippen molar-refractivity contribution in [3.63, 3.8) is 0 Å². The van der Waals surface area contributed by atoms with Crippen molar-refractivity contribution in [3.8, 4) is 0 Å². The van der Waals surface area contributed by atoms with Crippen molar-refractivity contribution in [2.75, 3.05) is 46.2 Å². The second-order valence-corrected chi connectivity index (χ2v) is 8.73. The number of nitrogens with zero attached hydrogens (tertiary/aromatic N) is 1. The van der Waals surface area contributed by atoms with Gasteiger partial charge in [-0.15, -0.1) is 4.73 Å². The van der Waals surface area contributed by atoms with E-state index in [2.05, 4.69) is 5.32 Å². The number of benzene rings is 1. The Bertz CT molecular complexity index is 985. The summed E-state index contributed by atoms with van der Waals surface area (Å²) in [5, 5.41) is 2.71. The maximum Gasteiger partial charge on any atom is 0.308 e. The summed E-state index contributed by atoms with van der Waals surface area (Å²) in [5.74, 6) is -0.733. The van der Waals surface area contributed by atoms with Crippen LogP contribution in [0.4, 0.5) is 0 Å². The lowest BCUT2D eigenvalue weighted by molar-refractivity contribution is -0.156. The summed E-state index contributed by atoms with van der Waals surface area (Å²) < 4.78 is 22.4. The largest absolute Gasteiger partial charge is 0.460 e. The van der Waals surface area contributed by atoms with Gasteiger partial charge >= 0.3 is 5.97 Å². The monoisotopic (exact) mass is 504 g/mol. The summed E-state index contributed by atoms with van der Waals surface area (Å²) in [6, 6.07) is 13.7. The number of hydrogen-bond donors (Lipinski definition) is 1. The summed E-state index contributed by atoms with van der Waals surface area (Å²) in [6.45, 7) is 7.90. The minimum atomic E-state index is -0.496. The van der Waals surface area contributed by atoms with Crippen LogP contribution in [0.25, 0.3) is 0 Å². The number of pyridine rings is 1. The number of carbonyl (C=O) groups excluding carboxylic acids is 2. The number of aromatic nitrogens is 1. The van der Waals surface area contributed by atoms with E-state index < -0.39 is 17.1 Å². The van der Waals surface area contributed by atoms with E-state index in [1.165, 1.54) is 18.2 Å². The van der Waals surface area contributed by atoms with E-state index in [1.54, 1.807) is 0 Å². The third kappa shape index (κ3) is 12.0. The van der Waals surface area contributed by atoms with E-state index in [4.69, 9.17) is 23.8 Å². The van der Waals surface area contributed by atoms with Gasteiger partial charge in [-0.1, -0.05) is 36.4 Å². The van der Waals surface area contributed by atoms with Gasteiger partial charge in [0, 0.05) is 12.6 Å². The van der Waals surface area contributed by atoms with Crippen molar-refractivity contribution in [1.29, 1.82) is 0 Å². The van der Waals surface area contributed by atoms with Gasteiger partial charge in [0.2, 0.25) is 0 Å². The van der Waals surface area contributed by atoms with Crippen LogP contribution >= 0.6 is 0 Å². The molecule has 0 aliphatic carbocycles. The number of hydrogen-bond acceptors (Lipinski definition) is 8. The number of ether oxygens (including phenoxy) is 4. The van der Waals surface area contributed by atoms with E-state index in [-0.39, 0.29) is 44.4 Å². The standard InChI is InChI=1S/C26H36N2O8/c1-26(2,3)36-24(30)12-14-32-16-18-34-19-17-33-15-13-27-25(31)22-10-7-11-23(29)28(22)35-20-21-8-5-4-6-9-21/h4-11H,12-20H2,1-3H3,(H,27,31). The Labute approximate surface area is 211 Å². The van der Waals surface area contributed by atoms with E-state index in [0.717, 1.165) is 10.3 Å². The third-order valence-electron chi connectivity index (χ3n) is 4.49. The molecular weight excluding hydrogens is 468 g/mol. The maximum atomic E-state index is 12.5. The quantitative estimate of drug-likeness (QED) is 0.273. The Hall–Kier alpha value is -3.21. The van der Waals surface area contributed by atoms with Gasteiger partial charge in [-0.2, -0.15) is 0 Å². The molecule has 0 fully saturated rings. The molecule has 36 heavy (non-hydrogen) atoms. The Morgan fingerprint density at radius 1 is 0.833 bits per heavy atom. The van der Waals surface area contributed by atoms with Gasteiger partial charge in [-0.05, 0) is 32.4 Å². The lowest BCUT2D eigenvalue weighted by Crippen LogP contribution is -2.36. The van der Waals surface area contributed by atoms with Crippen molar-refractivity contribution >= 4 is 11.9 Å². The summed E-state index contributed by atoms with van der Waals surface area (Å²) >= 11 is 0. The molecule has 1 amide bonds. The summed E-state index contributed by atoms with van der Waals surface area (Å²) in [5.41, 5.74) is 0.0564. The van der Waals surface area contributed by atoms with Crippen molar-refractivity contribution in [1.82, 2.24) is 10.0 Å². The number of rotatable bonds is 16. The van der Waals surface area contributed by atoms with Crippen LogP contribution in [0, 0.1) is 0 Å². The smallest absolute Gasteiger partial charge is 0.308 e.